The fourth-order valence-corrected chi connectivity index (χ4v) is 3.17. The molecule has 0 aromatic heterocycles. The highest BCUT2D eigenvalue weighted by atomic mass is 35.5. The van der Waals surface area contributed by atoms with Crippen molar-refractivity contribution in [1.82, 2.24) is 5.32 Å². The van der Waals surface area contributed by atoms with Crippen molar-refractivity contribution in [3.63, 3.8) is 0 Å². The van der Waals surface area contributed by atoms with Crippen LogP contribution in [0.4, 0.5) is 0 Å². The predicted molar refractivity (Wildman–Crippen MR) is 83.7 cm³/mol. The first kappa shape index (κ1) is 15.9. The topological polar surface area (TPSA) is 12.0 Å². The molecule has 0 bridgehead atoms. The van der Waals surface area contributed by atoms with Gasteiger partial charge in [0.15, 0.2) is 0 Å². The smallest absolute Gasteiger partial charge is 0.0417 e. The van der Waals surface area contributed by atoms with Crippen LogP contribution in [-0.4, -0.2) is 18.3 Å². The Labute approximate surface area is 121 Å². The lowest BCUT2D eigenvalue weighted by molar-refractivity contribution is 0.448. The van der Waals surface area contributed by atoms with E-state index in [1.165, 1.54) is 17.7 Å². The Morgan fingerprint density at radius 1 is 1.33 bits per heavy atom. The first-order chi connectivity index (χ1) is 8.61. The Balaban J connectivity index is 2.44. The maximum Gasteiger partial charge on any atom is 0.0417 e. The molecule has 1 aromatic rings. The Morgan fingerprint density at radius 3 is 2.72 bits per heavy atom. The molecule has 18 heavy (non-hydrogen) atoms. The molecule has 3 heteroatoms. The number of nitrogens with one attached hydrogen (secondary N) is 1. The van der Waals surface area contributed by atoms with Gasteiger partial charge >= 0.3 is 0 Å². The minimum absolute atomic E-state index is 0.592. The molecule has 1 rings (SSSR count). The third-order valence-electron chi connectivity index (χ3n) is 2.69. The van der Waals surface area contributed by atoms with E-state index in [2.05, 4.69) is 32.2 Å². The van der Waals surface area contributed by atoms with Crippen LogP contribution in [0.1, 0.15) is 33.6 Å². The quantitative estimate of drug-likeness (QED) is 0.686. The van der Waals surface area contributed by atoms with Gasteiger partial charge in [-0.3, -0.25) is 0 Å². The lowest BCUT2D eigenvalue weighted by Crippen LogP contribution is -2.33. The fraction of sp³-hybridized carbons (Fsp3) is 0.600. The van der Waals surface area contributed by atoms with Crippen molar-refractivity contribution in [1.29, 1.82) is 0 Å². The minimum atomic E-state index is 0.592. The Morgan fingerprint density at radius 2 is 2.11 bits per heavy atom. The van der Waals surface area contributed by atoms with Crippen LogP contribution in [0, 0.1) is 5.92 Å². The van der Waals surface area contributed by atoms with Crippen LogP contribution in [0.5, 0.6) is 0 Å². The van der Waals surface area contributed by atoms with Gasteiger partial charge < -0.3 is 5.32 Å². The van der Waals surface area contributed by atoms with Gasteiger partial charge in [-0.15, -0.1) is 11.8 Å². The van der Waals surface area contributed by atoms with Gasteiger partial charge in [0.2, 0.25) is 0 Å². The van der Waals surface area contributed by atoms with Gasteiger partial charge in [-0.1, -0.05) is 38.4 Å². The molecule has 0 heterocycles. The van der Waals surface area contributed by atoms with Gasteiger partial charge in [-0.2, -0.15) is 0 Å². The zero-order valence-corrected chi connectivity index (χ0v) is 13.2. The second-order valence-electron chi connectivity index (χ2n) is 5.05. The molecular weight excluding hydrogens is 262 g/mol. The summed E-state index contributed by atoms with van der Waals surface area (Å²) in [6.45, 7) is 7.88. The summed E-state index contributed by atoms with van der Waals surface area (Å²) in [5.41, 5.74) is 0. The van der Waals surface area contributed by atoms with E-state index in [1.54, 1.807) is 0 Å². The Bertz CT molecular complexity index is 341. The molecule has 0 aliphatic heterocycles. The summed E-state index contributed by atoms with van der Waals surface area (Å²) in [5, 5.41) is 4.45. The molecule has 0 aliphatic rings. The summed E-state index contributed by atoms with van der Waals surface area (Å²) in [6, 6.07) is 8.70. The third-order valence-corrected chi connectivity index (χ3v) is 4.08. The summed E-state index contributed by atoms with van der Waals surface area (Å²) < 4.78 is 0. The summed E-state index contributed by atoms with van der Waals surface area (Å²) in [7, 11) is 0. The average molecular weight is 286 g/mol. The van der Waals surface area contributed by atoms with E-state index in [0.717, 1.165) is 23.2 Å². The number of hydrogen-bond donors (Lipinski definition) is 1. The van der Waals surface area contributed by atoms with Gasteiger partial charge in [-0.25, -0.2) is 0 Å². The monoisotopic (exact) mass is 285 g/mol. The van der Waals surface area contributed by atoms with E-state index in [9.17, 15) is 0 Å². The van der Waals surface area contributed by atoms with Crippen molar-refractivity contribution in [2.75, 3.05) is 12.3 Å². The van der Waals surface area contributed by atoms with Crippen LogP contribution >= 0.6 is 23.4 Å². The van der Waals surface area contributed by atoms with Crippen molar-refractivity contribution in [2.24, 2.45) is 5.92 Å². The zero-order chi connectivity index (χ0) is 13.4. The van der Waals surface area contributed by atoms with Crippen molar-refractivity contribution < 1.29 is 0 Å². The van der Waals surface area contributed by atoms with Crippen LogP contribution in [0.15, 0.2) is 29.2 Å². The standard InChI is InChI=1S/C15H24ClNS/c1-4-8-17-14(9-12(2)3)11-18-15-7-5-6-13(16)10-15/h5-7,10,12,14,17H,4,8-9,11H2,1-3H3. The maximum absolute atomic E-state index is 6.00. The van der Waals surface area contributed by atoms with E-state index >= 15 is 0 Å². The van der Waals surface area contributed by atoms with E-state index in [1.807, 2.05) is 30.0 Å². The summed E-state index contributed by atoms with van der Waals surface area (Å²) in [6.07, 6.45) is 2.42. The molecule has 0 amide bonds. The largest absolute Gasteiger partial charge is 0.313 e. The normalized spacial score (nSPS) is 12.9. The second-order valence-corrected chi connectivity index (χ2v) is 6.58. The highest BCUT2D eigenvalue weighted by Gasteiger charge is 2.10. The molecule has 102 valence electrons. The van der Waals surface area contributed by atoms with Crippen LogP contribution in [0.3, 0.4) is 0 Å². The number of benzene rings is 1. The molecule has 0 saturated carbocycles. The summed E-state index contributed by atoms with van der Waals surface area (Å²) >= 11 is 7.89. The molecule has 1 unspecified atom stereocenters. The Kier molecular flexibility index (Phi) is 7.80. The number of rotatable bonds is 8. The van der Waals surface area contributed by atoms with Gasteiger partial charge in [0.25, 0.3) is 0 Å². The molecule has 0 spiro atoms. The Hall–Kier alpha value is -0.180. The molecule has 0 saturated heterocycles. The van der Waals surface area contributed by atoms with Crippen molar-refractivity contribution in [3.05, 3.63) is 29.3 Å². The zero-order valence-electron chi connectivity index (χ0n) is 11.6. The lowest BCUT2D eigenvalue weighted by Gasteiger charge is -2.20. The average Bonchev–Trinajstić information content (AvgIpc) is 2.32. The number of hydrogen-bond acceptors (Lipinski definition) is 2. The second kappa shape index (κ2) is 8.84. The number of thioether (sulfide) groups is 1. The van der Waals surface area contributed by atoms with Gasteiger partial charge in [0, 0.05) is 21.7 Å². The van der Waals surface area contributed by atoms with Gasteiger partial charge in [0.05, 0.1) is 0 Å². The first-order valence-corrected chi connectivity index (χ1v) is 8.10. The molecule has 1 nitrogen and oxygen atoms in total. The third kappa shape index (κ3) is 6.67. The van der Waals surface area contributed by atoms with Gasteiger partial charge in [-0.05, 0) is 43.5 Å². The van der Waals surface area contributed by atoms with Crippen molar-refractivity contribution >= 4 is 23.4 Å². The molecule has 1 atom stereocenters. The predicted octanol–water partition coefficient (Wildman–Crippen LogP) is 4.85. The minimum Gasteiger partial charge on any atom is -0.313 e. The highest BCUT2D eigenvalue weighted by molar-refractivity contribution is 7.99. The van der Waals surface area contributed by atoms with Crippen molar-refractivity contribution in [2.45, 2.75) is 44.6 Å². The fourth-order valence-electron chi connectivity index (χ4n) is 1.88. The van der Waals surface area contributed by atoms with Crippen molar-refractivity contribution in [3.8, 4) is 0 Å². The molecule has 0 radical (unpaired) electrons. The van der Waals surface area contributed by atoms with Crippen LogP contribution in [-0.2, 0) is 0 Å². The van der Waals surface area contributed by atoms with E-state index in [-0.39, 0.29) is 0 Å². The molecule has 0 fully saturated rings. The molecule has 1 aromatic carbocycles. The maximum atomic E-state index is 6.00. The summed E-state index contributed by atoms with van der Waals surface area (Å²) in [5.74, 6) is 1.85. The van der Waals surface area contributed by atoms with Crippen LogP contribution < -0.4 is 5.32 Å². The van der Waals surface area contributed by atoms with Crippen LogP contribution in [0.25, 0.3) is 0 Å². The highest BCUT2D eigenvalue weighted by Crippen LogP contribution is 2.23. The lowest BCUT2D eigenvalue weighted by atomic mass is 10.1. The van der Waals surface area contributed by atoms with E-state index < -0.39 is 0 Å². The van der Waals surface area contributed by atoms with E-state index in [0.29, 0.717) is 6.04 Å². The SMILES string of the molecule is CCCNC(CSc1cccc(Cl)c1)CC(C)C. The van der Waals surface area contributed by atoms with E-state index in [4.69, 9.17) is 11.6 Å². The molecule has 1 N–H and O–H groups in total. The molecular formula is C15H24ClNS. The van der Waals surface area contributed by atoms with Crippen LogP contribution in [0.2, 0.25) is 5.02 Å². The number of halogens is 1. The first-order valence-electron chi connectivity index (χ1n) is 6.73. The van der Waals surface area contributed by atoms with Gasteiger partial charge in [0.1, 0.15) is 0 Å². The summed E-state index contributed by atoms with van der Waals surface area (Å²) in [4.78, 5) is 1.26. The molecule has 0 aliphatic carbocycles.